The molecule has 6 rings (SSSR count). The van der Waals surface area contributed by atoms with E-state index in [4.69, 9.17) is 46.9 Å². The maximum atomic E-state index is 12.6. The molecule has 0 aromatic heterocycles. The highest BCUT2D eigenvalue weighted by Crippen LogP contribution is 2.37. The van der Waals surface area contributed by atoms with Crippen molar-refractivity contribution in [3.8, 4) is 34.5 Å². The van der Waals surface area contributed by atoms with Crippen LogP contribution >= 0.6 is 23.2 Å². The zero-order chi connectivity index (χ0) is 50.7. The molecule has 0 spiro atoms. The van der Waals surface area contributed by atoms with Gasteiger partial charge in [0.05, 0.1) is 39.1 Å². The van der Waals surface area contributed by atoms with Crippen LogP contribution in [0.3, 0.4) is 0 Å². The molecule has 0 saturated carbocycles. The number of benzene rings is 6. The lowest BCUT2D eigenvalue weighted by Gasteiger charge is -2.16. The van der Waals surface area contributed by atoms with Crippen molar-refractivity contribution in [3.05, 3.63) is 176 Å². The van der Waals surface area contributed by atoms with Gasteiger partial charge in [0.25, 0.3) is 0 Å². The van der Waals surface area contributed by atoms with Gasteiger partial charge >= 0.3 is 12.5 Å². The van der Waals surface area contributed by atoms with Crippen molar-refractivity contribution in [2.45, 2.75) is 87.4 Å². The Bertz CT molecular complexity index is 2260. The summed E-state index contributed by atoms with van der Waals surface area (Å²) in [5.74, 6) is 3.11. The normalized spacial score (nSPS) is 10.2. The fraction of sp³-hybridized carbons (Fsp3) is 0.321. The Kier molecular flexibility index (Phi) is 27.7. The SMILES string of the molecule is CCCOc1ccc(C)cc1.COc1cc(C)cc(OC)c1OC.Cc1ccc(Cl)cc1F.Cc1ccc(OC(F)(F)C(F)F)cc1.Cc1cccc(Cl)c1F.Cc1cccc(OC(C)C)c1. The van der Waals surface area contributed by atoms with E-state index >= 15 is 0 Å². The topological polar surface area (TPSA) is 55.4 Å². The summed E-state index contributed by atoms with van der Waals surface area (Å²) in [4.78, 5) is 0. The Labute approximate surface area is 402 Å². The molecule has 0 fully saturated rings. The molecule has 0 atom stereocenters. The van der Waals surface area contributed by atoms with Crippen molar-refractivity contribution in [2.75, 3.05) is 27.9 Å². The van der Waals surface area contributed by atoms with E-state index in [1.807, 2.05) is 63.2 Å². The molecule has 6 nitrogen and oxygen atoms in total. The first kappa shape index (κ1) is 59.3. The largest absolute Gasteiger partial charge is 0.494 e. The van der Waals surface area contributed by atoms with Crippen LogP contribution in [0.2, 0.25) is 10.0 Å². The maximum absolute atomic E-state index is 12.6. The van der Waals surface area contributed by atoms with Crippen LogP contribution in [0.1, 0.15) is 60.6 Å². The van der Waals surface area contributed by atoms with Gasteiger partial charge in [-0.15, -0.1) is 0 Å². The van der Waals surface area contributed by atoms with Crippen molar-refractivity contribution in [1.82, 2.24) is 0 Å². The molecule has 67 heavy (non-hydrogen) atoms. The maximum Gasteiger partial charge on any atom is 0.461 e. The summed E-state index contributed by atoms with van der Waals surface area (Å²) >= 11 is 10.9. The summed E-state index contributed by atoms with van der Waals surface area (Å²) in [5.41, 5.74) is 5.63. The van der Waals surface area contributed by atoms with E-state index in [2.05, 4.69) is 43.7 Å². The second-order valence-electron chi connectivity index (χ2n) is 14.9. The van der Waals surface area contributed by atoms with E-state index in [9.17, 15) is 26.3 Å². The fourth-order valence-electron chi connectivity index (χ4n) is 5.01. The number of hydrogen-bond acceptors (Lipinski definition) is 6. The Morgan fingerprint density at radius 3 is 1.52 bits per heavy atom. The highest BCUT2D eigenvalue weighted by Gasteiger charge is 2.43. The first-order valence-electron chi connectivity index (χ1n) is 21.0. The van der Waals surface area contributed by atoms with Gasteiger partial charge in [-0.2, -0.15) is 17.6 Å². The number of hydrogen-bond donors (Lipinski definition) is 0. The molecule has 0 aliphatic rings. The Balaban J connectivity index is 0.000000405. The third-order valence-corrected chi connectivity index (χ3v) is 9.00. The highest BCUT2D eigenvalue weighted by atomic mass is 35.5. The number of methoxy groups -OCH3 is 3. The minimum atomic E-state index is -4.44. The summed E-state index contributed by atoms with van der Waals surface area (Å²) in [6.45, 7) is 18.2. The van der Waals surface area contributed by atoms with Gasteiger partial charge in [-0.1, -0.05) is 95.8 Å². The van der Waals surface area contributed by atoms with Gasteiger partial charge < -0.3 is 28.4 Å². The first-order valence-corrected chi connectivity index (χ1v) is 21.8. The Morgan fingerprint density at radius 2 is 1.10 bits per heavy atom. The molecule has 6 aromatic carbocycles. The van der Waals surface area contributed by atoms with E-state index in [1.165, 1.54) is 47.5 Å². The van der Waals surface area contributed by atoms with Gasteiger partial charge in [0.15, 0.2) is 11.5 Å². The van der Waals surface area contributed by atoms with Crippen LogP contribution in [0.5, 0.6) is 34.5 Å². The smallest absolute Gasteiger partial charge is 0.461 e. The number of alkyl halides is 4. The average Bonchev–Trinajstić information content (AvgIpc) is 3.28. The quantitative estimate of drug-likeness (QED) is 0.121. The predicted molar refractivity (Wildman–Crippen MR) is 260 cm³/mol. The zero-order valence-corrected chi connectivity index (χ0v) is 41.6. The van der Waals surface area contributed by atoms with E-state index < -0.39 is 12.5 Å². The fourth-order valence-corrected chi connectivity index (χ4v) is 5.39. The predicted octanol–water partition coefficient (Wildman–Crippen LogP) is 16.4. The van der Waals surface area contributed by atoms with Crippen molar-refractivity contribution in [3.63, 3.8) is 0 Å². The molecular formula is C53H62Cl2F6O6. The lowest BCUT2D eigenvalue weighted by Crippen LogP contribution is -2.33. The van der Waals surface area contributed by atoms with Crippen LogP contribution in [0, 0.1) is 53.2 Å². The summed E-state index contributed by atoms with van der Waals surface area (Å²) in [6.07, 6.45) is -6.94. The van der Waals surface area contributed by atoms with Gasteiger partial charge in [-0.25, -0.2) is 8.78 Å². The van der Waals surface area contributed by atoms with Gasteiger partial charge in [-0.05, 0) is 151 Å². The average molecular weight is 980 g/mol. The summed E-state index contributed by atoms with van der Waals surface area (Å²) in [7, 11) is 4.81. The molecular weight excluding hydrogens is 917 g/mol. The first-order chi connectivity index (χ1) is 31.6. The van der Waals surface area contributed by atoms with Gasteiger partial charge in [0, 0.05) is 5.02 Å². The second-order valence-corrected chi connectivity index (χ2v) is 15.7. The van der Waals surface area contributed by atoms with Crippen molar-refractivity contribution in [2.24, 2.45) is 0 Å². The molecule has 0 radical (unpaired) electrons. The molecule has 0 unspecified atom stereocenters. The summed E-state index contributed by atoms with van der Waals surface area (Å²) in [6, 6.07) is 35.0. The lowest BCUT2D eigenvalue weighted by molar-refractivity contribution is -0.253. The van der Waals surface area contributed by atoms with Crippen LogP contribution < -0.4 is 28.4 Å². The van der Waals surface area contributed by atoms with Crippen LogP contribution in [-0.2, 0) is 0 Å². The zero-order valence-electron chi connectivity index (χ0n) is 40.1. The molecule has 14 heteroatoms. The third kappa shape index (κ3) is 24.0. The van der Waals surface area contributed by atoms with Crippen molar-refractivity contribution >= 4 is 23.2 Å². The molecule has 0 bridgehead atoms. The molecule has 366 valence electrons. The third-order valence-electron chi connectivity index (χ3n) is 8.47. The second kappa shape index (κ2) is 31.3. The van der Waals surface area contributed by atoms with Crippen LogP contribution in [0.25, 0.3) is 0 Å². The Morgan fingerprint density at radius 1 is 0.567 bits per heavy atom. The molecule has 6 aromatic rings. The summed E-state index contributed by atoms with van der Waals surface area (Å²) in [5, 5.41) is 0.633. The van der Waals surface area contributed by atoms with E-state index in [0.717, 1.165) is 35.7 Å². The van der Waals surface area contributed by atoms with Crippen molar-refractivity contribution in [1.29, 1.82) is 0 Å². The molecule has 0 heterocycles. The van der Waals surface area contributed by atoms with Crippen molar-refractivity contribution < 1.29 is 54.8 Å². The monoisotopic (exact) mass is 978 g/mol. The molecule has 0 aliphatic carbocycles. The minimum Gasteiger partial charge on any atom is -0.494 e. The van der Waals surface area contributed by atoms with Crippen LogP contribution in [0.4, 0.5) is 26.3 Å². The number of halogens is 8. The van der Waals surface area contributed by atoms with Gasteiger partial charge in [0.2, 0.25) is 5.75 Å². The van der Waals surface area contributed by atoms with E-state index in [1.54, 1.807) is 66.4 Å². The van der Waals surface area contributed by atoms with Crippen LogP contribution in [0.15, 0.2) is 121 Å². The number of ether oxygens (including phenoxy) is 6. The van der Waals surface area contributed by atoms with E-state index in [0.29, 0.717) is 33.4 Å². The summed E-state index contributed by atoms with van der Waals surface area (Å²) < 4.78 is 103. The standard InChI is InChI=1S/C10H14O3.2C10H14O.C9H8F4O.2C7H6ClF/c1-7-5-8(11-2)10(13-4)9(6-7)12-3;1-8(2)11-10-6-4-5-9(3)7-10;1-3-8-11-10-6-4-9(2)5-7-10;1-6-2-4-7(5-3-6)14-9(12,13)8(10)11;1-5-2-3-6(8)4-7(5)9;1-5-3-2-4-6(8)7(5)9/h5-6H,1-4H3;4-8H,1-3H3;4-7H,3,8H2,1-2H3;2-5,8H,1H3;2*2-4H,1H3. The molecule has 0 saturated heterocycles. The number of aryl methyl sites for hydroxylation is 6. The highest BCUT2D eigenvalue weighted by molar-refractivity contribution is 6.31. The number of rotatable bonds is 11. The van der Waals surface area contributed by atoms with Gasteiger partial charge in [-0.3, -0.25) is 0 Å². The van der Waals surface area contributed by atoms with E-state index in [-0.39, 0.29) is 28.5 Å². The molecule has 0 aliphatic heterocycles. The minimum absolute atomic E-state index is 0.190. The Hall–Kier alpha value is -5.72. The molecule has 0 N–H and O–H groups in total. The van der Waals surface area contributed by atoms with Gasteiger partial charge in [0.1, 0.15) is 28.9 Å². The van der Waals surface area contributed by atoms with Crippen LogP contribution in [-0.4, -0.2) is 46.6 Å². The lowest BCUT2D eigenvalue weighted by atomic mass is 10.2. The molecule has 0 amide bonds.